The summed E-state index contributed by atoms with van der Waals surface area (Å²) >= 11 is 0. The van der Waals surface area contributed by atoms with Crippen LogP contribution in [0, 0.1) is 0 Å². The zero-order valence-electron chi connectivity index (χ0n) is 14.0. The van der Waals surface area contributed by atoms with Crippen LogP contribution in [0.15, 0.2) is 42.6 Å². The number of benzene rings is 1. The van der Waals surface area contributed by atoms with Gasteiger partial charge in [-0.15, -0.1) is 0 Å². The van der Waals surface area contributed by atoms with Crippen molar-refractivity contribution in [3.63, 3.8) is 0 Å². The molecule has 0 bridgehead atoms. The van der Waals surface area contributed by atoms with E-state index in [4.69, 9.17) is 0 Å². The fourth-order valence-corrected chi connectivity index (χ4v) is 2.64. The van der Waals surface area contributed by atoms with Crippen LogP contribution >= 0.6 is 0 Å². The van der Waals surface area contributed by atoms with E-state index < -0.39 is 36.3 Å². The molecule has 2 aromatic rings. The summed E-state index contributed by atoms with van der Waals surface area (Å²) in [5.74, 6) is -1.17. The second kappa shape index (κ2) is 7.76. The molecule has 1 aromatic carbocycles. The molecule has 2 heterocycles. The summed E-state index contributed by atoms with van der Waals surface area (Å²) in [7, 11) is 0. The Bertz CT molecular complexity index is 808. The van der Waals surface area contributed by atoms with Crippen molar-refractivity contribution >= 4 is 11.8 Å². The molecule has 0 spiro atoms. The maximum absolute atomic E-state index is 12.5. The molecule has 1 aliphatic rings. The van der Waals surface area contributed by atoms with Crippen molar-refractivity contribution in [3.05, 3.63) is 53.9 Å². The van der Waals surface area contributed by atoms with Crippen molar-refractivity contribution in [2.75, 3.05) is 0 Å². The molecule has 2 unspecified atom stereocenters. The van der Waals surface area contributed by atoms with Crippen LogP contribution in [0.5, 0.6) is 0 Å². The Morgan fingerprint density at radius 2 is 1.89 bits per heavy atom. The lowest BCUT2D eigenvalue weighted by molar-refractivity contribution is -0.141. The molecule has 0 saturated carbocycles. The van der Waals surface area contributed by atoms with Crippen molar-refractivity contribution in [1.82, 2.24) is 31.5 Å². The topological polar surface area (TPSA) is 100 Å². The second-order valence-electron chi connectivity index (χ2n) is 5.97. The summed E-state index contributed by atoms with van der Waals surface area (Å²) in [6, 6.07) is 9.68. The maximum Gasteiger partial charge on any atom is 0.435 e. The van der Waals surface area contributed by atoms with Gasteiger partial charge in [0, 0.05) is 12.2 Å². The van der Waals surface area contributed by atoms with Gasteiger partial charge >= 0.3 is 6.18 Å². The summed E-state index contributed by atoms with van der Waals surface area (Å²) in [6.45, 7) is -0.459. The number of nitrogens with zero attached hydrogens (tertiary/aromatic N) is 2. The highest BCUT2D eigenvalue weighted by molar-refractivity contribution is 5.85. The molecule has 1 fully saturated rings. The molecule has 0 radical (unpaired) electrons. The smallest absolute Gasteiger partial charge is 0.271 e. The first kappa shape index (κ1) is 18.9. The van der Waals surface area contributed by atoms with E-state index in [0.29, 0.717) is 6.42 Å². The van der Waals surface area contributed by atoms with E-state index in [0.717, 1.165) is 22.5 Å². The zero-order valence-corrected chi connectivity index (χ0v) is 14.0. The third-order valence-electron chi connectivity index (χ3n) is 3.98. The molecular formula is C16H17F3N6O2. The van der Waals surface area contributed by atoms with Gasteiger partial charge in [-0.3, -0.25) is 25.1 Å². The minimum atomic E-state index is -4.58. The molecule has 144 valence electrons. The van der Waals surface area contributed by atoms with Gasteiger partial charge in [0.25, 0.3) is 11.8 Å². The molecule has 4 N–H and O–H groups in total. The Morgan fingerprint density at radius 3 is 2.56 bits per heavy atom. The molecule has 3 rings (SSSR count). The average Bonchev–Trinajstić information content (AvgIpc) is 3.30. The van der Waals surface area contributed by atoms with Crippen molar-refractivity contribution < 1.29 is 22.8 Å². The number of amides is 2. The average molecular weight is 382 g/mol. The van der Waals surface area contributed by atoms with Gasteiger partial charge in [0.05, 0.1) is 0 Å². The number of rotatable bonds is 4. The number of hydrogen-bond donors (Lipinski definition) is 4. The van der Waals surface area contributed by atoms with Crippen LogP contribution < -0.4 is 21.7 Å². The van der Waals surface area contributed by atoms with E-state index in [2.05, 4.69) is 26.8 Å². The minimum absolute atomic E-state index is 0.0532. The Hall–Kier alpha value is -2.92. The summed E-state index contributed by atoms with van der Waals surface area (Å²) < 4.78 is 38.3. The van der Waals surface area contributed by atoms with Gasteiger partial charge in [0.2, 0.25) is 0 Å². The van der Waals surface area contributed by atoms with Gasteiger partial charge in [0.15, 0.2) is 5.69 Å². The number of alkyl halides is 3. The van der Waals surface area contributed by atoms with Crippen molar-refractivity contribution in [2.45, 2.75) is 31.2 Å². The Kier molecular flexibility index (Phi) is 5.42. The maximum atomic E-state index is 12.5. The number of nitrogens with one attached hydrogen (secondary N) is 4. The molecular weight excluding hydrogens is 365 g/mol. The Balaban J connectivity index is 1.45. The summed E-state index contributed by atoms with van der Waals surface area (Å²) in [6.07, 6.45) is -3.07. The molecule has 1 saturated heterocycles. The van der Waals surface area contributed by atoms with E-state index in [1.54, 1.807) is 0 Å². The monoisotopic (exact) mass is 382 g/mol. The molecule has 11 heteroatoms. The largest absolute Gasteiger partial charge is 0.435 e. The lowest BCUT2D eigenvalue weighted by Crippen LogP contribution is -2.50. The number of carbonyl (C=O) groups excluding carboxylic acids is 2. The fraction of sp³-hybridized carbons (Fsp3) is 0.312. The Labute approximate surface area is 152 Å². The van der Waals surface area contributed by atoms with E-state index in [1.165, 1.54) is 0 Å². The molecule has 2 atom stereocenters. The van der Waals surface area contributed by atoms with Crippen LogP contribution in [0.1, 0.15) is 23.7 Å². The van der Waals surface area contributed by atoms with Crippen LogP contribution in [0.3, 0.4) is 0 Å². The lowest BCUT2D eigenvalue weighted by Gasteiger charge is -2.12. The van der Waals surface area contributed by atoms with Crippen molar-refractivity contribution in [3.8, 4) is 0 Å². The predicted molar refractivity (Wildman–Crippen MR) is 87.4 cm³/mol. The summed E-state index contributed by atoms with van der Waals surface area (Å²) in [5, 5.41) is 3.27. The van der Waals surface area contributed by atoms with Gasteiger partial charge in [0.1, 0.15) is 12.6 Å². The van der Waals surface area contributed by atoms with Gasteiger partial charge in [-0.05, 0) is 18.1 Å². The van der Waals surface area contributed by atoms with Crippen LogP contribution in [0.2, 0.25) is 0 Å². The number of hydrogen-bond acceptors (Lipinski definition) is 5. The first-order valence-electron chi connectivity index (χ1n) is 8.08. The van der Waals surface area contributed by atoms with Crippen molar-refractivity contribution in [2.24, 2.45) is 0 Å². The van der Waals surface area contributed by atoms with E-state index >= 15 is 0 Å². The molecule has 1 aliphatic heterocycles. The first-order chi connectivity index (χ1) is 12.8. The SMILES string of the molecule is O=C(Cn1ccc(C(F)(F)F)n1)NNC(=O)C1CC(c2ccccc2)NN1. The summed E-state index contributed by atoms with van der Waals surface area (Å²) in [5.41, 5.74) is 10.2. The Morgan fingerprint density at radius 1 is 1.15 bits per heavy atom. The minimum Gasteiger partial charge on any atom is -0.271 e. The normalized spacial score (nSPS) is 19.7. The van der Waals surface area contributed by atoms with Gasteiger partial charge in [-0.25, -0.2) is 10.9 Å². The zero-order chi connectivity index (χ0) is 19.4. The molecule has 8 nitrogen and oxygen atoms in total. The van der Waals surface area contributed by atoms with Crippen molar-refractivity contribution in [1.29, 1.82) is 0 Å². The molecule has 0 aliphatic carbocycles. The number of aromatic nitrogens is 2. The number of hydrazine groups is 2. The molecule has 2 amide bonds. The number of carbonyl (C=O) groups is 2. The highest BCUT2D eigenvalue weighted by Gasteiger charge is 2.34. The van der Waals surface area contributed by atoms with Gasteiger partial charge < -0.3 is 0 Å². The van der Waals surface area contributed by atoms with Crippen LogP contribution in [0.25, 0.3) is 0 Å². The van der Waals surface area contributed by atoms with Crippen LogP contribution in [-0.4, -0.2) is 27.6 Å². The highest BCUT2D eigenvalue weighted by atomic mass is 19.4. The van der Waals surface area contributed by atoms with Gasteiger partial charge in [-0.2, -0.15) is 18.3 Å². The fourth-order valence-electron chi connectivity index (χ4n) is 2.64. The quantitative estimate of drug-likeness (QED) is 0.582. The van der Waals surface area contributed by atoms with E-state index in [-0.39, 0.29) is 6.04 Å². The highest BCUT2D eigenvalue weighted by Crippen LogP contribution is 2.27. The number of halogens is 3. The molecule has 27 heavy (non-hydrogen) atoms. The predicted octanol–water partition coefficient (Wildman–Crippen LogP) is 0.657. The molecule has 1 aromatic heterocycles. The van der Waals surface area contributed by atoms with Crippen LogP contribution in [0.4, 0.5) is 13.2 Å². The second-order valence-corrected chi connectivity index (χ2v) is 5.97. The standard InChI is InChI=1S/C16H17F3N6O2/c17-16(18,19)13-6-7-25(24-13)9-14(26)22-23-15(27)12-8-11(20-21-12)10-4-2-1-3-5-10/h1-7,11-12,20-21H,8-9H2,(H,22,26)(H,23,27). The summed E-state index contributed by atoms with van der Waals surface area (Å²) in [4.78, 5) is 23.9. The first-order valence-corrected chi connectivity index (χ1v) is 8.08. The van der Waals surface area contributed by atoms with E-state index in [9.17, 15) is 22.8 Å². The third-order valence-corrected chi connectivity index (χ3v) is 3.98. The third kappa shape index (κ3) is 4.83. The van der Waals surface area contributed by atoms with Gasteiger partial charge in [-0.1, -0.05) is 30.3 Å². The van der Waals surface area contributed by atoms with E-state index in [1.807, 2.05) is 30.3 Å². The van der Waals surface area contributed by atoms with Crippen LogP contribution in [-0.2, 0) is 22.3 Å². The lowest BCUT2D eigenvalue weighted by atomic mass is 10.0.